The van der Waals surface area contributed by atoms with Crippen LogP contribution in [-0.2, 0) is 9.53 Å². The lowest BCUT2D eigenvalue weighted by atomic mass is 9.90. The van der Waals surface area contributed by atoms with E-state index in [0.717, 1.165) is 0 Å². The van der Waals surface area contributed by atoms with E-state index in [1.165, 1.54) is 0 Å². The number of ether oxygens (including phenoxy) is 1. The highest BCUT2D eigenvalue weighted by Crippen LogP contribution is 2.19. The zero-order chi connectivity index (χ0) is 7.56. The highest BCUT2D eigenvalue weighted by molar-refractivity contribution is 5.77. The Balaban J connectivity index is 2.39. The van der Waals surface area contributed by atoms with Crippen molar-refractivity contribution in [2.24, 2.45) is 23.3 Å². The number of carbonyl (C=O) groups is 1. The van der Waals surface area contributed by atoms with Crippen LogP contribution < -0.4 is 11.5 Å². The molecule has 1 unspecified atom stereocenters. The molecule has 0 radical (unpaired) electrons. The first-order valence-electron chi connectivity index (χ1n) is 3.33. The molecule has 1 atom stereocenters. The predicted octanol–water partition coefficient (Wildman–Crippen LogP) is -1.31. The molecule has 4 nitrogen and oxygen atoms in total. The summed E-state index contributed by atoms with van der Waals surface area (Å²) in [5.41, 5.74) is 10.4. The van der Waals surface area contributed by atoms with Gasteiger partial charge < -0.3 is 16.2 Å². The van der Waals surface area contributed by atoms with Gasteiger partial charge in [0.25, 0.3) is 0 Å². The summed E-state index contributed by atoms with van der Waals surface area (Å²) in [5.74, 6) is -0.230. The molecule has 4 N–H and O–H groups in total. The van der Waals surface area contributed by atoms with Crippen molar-refractivity contribution >= 4 is 5.91 Å². The molecular weight excluding hydrogens is 132 g/mol. The smallest absolute Gasteiger partial charge is 0.222 e. The van der Waals surface area contributed by atoms with Gasteiger partial charge in [-0.25, -0.2) is 0 Å². The minimum atomic E-state index is -0.309. The highest BCUT2D eigenvalue weighted by Gasteiger charge is 2.30. The van der Waals surface area contributed by atoms with Gasteiger partial charge in [0.05, 0.1) is 19.1 Å². The maximum Gasteiger partial charge on any atom is 0.222 e. The molecule has 1 amide bonds. The van der Waals surface area contributed by atoms with E-state index < -0.39 is 0 Å². The van der Waals surface area contributed by atoms with Gasteiger partial charge in [-0.05, 0) is 0 Å². The topological polar surface area (TPSA) is 78.3 Å². The summed E-state index contributed by atoms with van der Waals surface area (Å²) in [7, 11) is 0. The molecule has 0 aromatic carbocycles. The van der Waals surface area contributed by atoms with E-state index in [-0.39, 0.29) is 17.7 Å². The summed E-state index contributed by atoms with van der Waals surface area (Å²) in [6.45, 7) is 1.60. The summed E-state index contributed by atoms with van der Waals surface area (Å²) in [4.78, 5) is 10.7. The predicted molar refractivity (Wildman–Crippen MR) is 36.0 cm³/mol. The number of rotatable bonds is 3. The lowest BCUT2D eigenvalue weighted by molar-refractivity contribution is -0.131. The Kier molecular flexibility index (Phi) is 2.24. The van der Waals surface area contributed by atoms with Crippen LogP contribution in [0.1, 0.15) is 0 Å². The maximum atomic E-state index is 10.7. The number of hydrogen-bond donors (Lipinski definition) is 2. The molecule has 1 rings (SSSR count). The second-order valence-electron chi connectivity index (χ2n) is 2.54. The van der Waals surface area contributed by atoms with E-state index in [2.05, 4.69) is 0 Å². The molecule has 1 aliphatic rings. The molecule has 1 fully saturated rings. The third kappa shape index (κ3) is 1.27. The van der Waals surface area contributed by atoms with Crippen molar-refractivity contribution in [2.75, 3.05) is 19.8 Å². The molecule has 58 valence electrons. The Morgan fingerprint density at radius 1 is 1.70 bits per heavy atom. The Morgan fingerprint density at radius 3 is 2.40 bits per heavy atom. The molecule has 1 aliphatic heterocycles. The zero-order valence-corrected chi connectivity index (χ0v) is 5.75. The van der Waals surface area contributed by atoms with Crippen LogP contribution in [0.25, 0.3) is 0 Å². The van der Waals surface area contributed by atoms with E-state index in [4.69, 9.17) is 16.2 Å². The largest absolute Gasteiger partial charge is 0.381 e. The van der Waals surface area contributed by atoms with Crippen LogP contribution in [0.15, 0.2) is 0 Å². The fourth-order valence-corrected chi connectivity index (χ4v) is 1.03. The monoisotopic (exact) mass is 144 g/mol. The van der Waals surface area contributed by atoms with Gasteiger partial charge in [-0.1, -0.05) is 0 Å². The van der Waals surface area contributed by atoms with Crippen LogP contribution in [0.3, 0.4) is 0 Å². The Morgan fingerprint density at radius 2 is 2.30 bits per heavy atom. The molecular formula is C6H12N2O2. The van der Waals surface area contributed by atoms with Crippen molar-refractivity contribution in [3.8, 4) is 0 Å². The lowest BCUT2D eigenvalue weighted by Crippen LogP contribution is -2.44. The van der Waals surface area contributed by atoms with Gasteiger partial charge in [-0.15, -0.1) is 0 Å². The summed E-state index contributed by atoms with van der Waals surface area (Å²) in [5, 5.41) is 0. The third-order valence-electron chi connectivity index (χ3n) is 1.85. The van der Waals surface area contributed by atoms with Crippen molar-refractivity contribution in [2.45, 2.75) is 0 Å². The van der Waals surface area contributed by atoms with E-state index in [0.29, 0.717) is 19.8 Å². The Hall–Kier alpha value is -0.610. The molecule has 0 aromatic heterocycles. The van der Waals surface area contributed by atoms with E-state index >= 15 is 0 Å². The van der Waals surface area contributed by atoms with E-state index in [1.807, 2.05) is 0 Å². The fraction of sp³-hybridized carbons (Fsp3) is 0.833. The average Bonchev–Trinajstić information content (AvgIpc) is 1.76. The van der Waals surface area contributed by atoms with Crippen molar-refractivity contribution in [3.63, 3.8) is 0 Å². The van der Waals surface area contributed by atoms with Gasteiger partial charge in [0.1, 0.15) is 0 Å². The van der Waals surface area contributed by atoms with Gasteiger partial charge in [-0.3, -0.25) is 4.79 Å². The van der Waals surface area contributed by atoms with Gasteiger partial charge >= 0.3 is 0 Å². The van der Waals surface area contributed by atoms with Gasteiger partial charge in [0.15, 0.2) is 0 Å². The second-order valence-corrected chi connectivity index (χ2v) is 2.54. The number of hydrogen-bond acceptors (Lipinski definition) is 3. The molecule has 0 aromatic rings. The molecule has 0 spiro atoms. The number of primary amides is 1. The first-order chi connectivity index (χ1) is 4.75. The maximum absolute atomic E-state index is 10.7. The van der Waals surface area contributed by atoms with Crippen LogP contribution in [-0.4, -0.2) is 25.7 Å². The summed E-state index contributed by atoms with van der Waals surface area (Å²) >= 11 is 0. The van der Waals surface area contributed by atoms with E-state index in [9.17, 15) is 4.79 Å². The third-order valence-corrected chi connectivity index (χ3v) is 1.85. The second kappa shape index (κ2) is 2.98. The van der Waals surface area contributed by atoms with Crippen LogP contribution in [0.5, 0.6) is 0 Å². The van der Waals surface area contributed by atoms with Crippen molar-refractivity contribution in [1.82, 2.24) is 0 Å². The lowest BCUT2D eigenvalue weighted by Gasteiger charge is -2.30. The summed E-state index contributed by atoms with van der Waals surface area (Å²) < 4.78 is 4.90. The highest BCUT2D eigenvalue weighted by atomic mass is 16.5. The SMILES string of the molecule is NCC(C(N)=O)C1COC1. The first-order valence-corrected chi connectivity index (χ1v) is 3.33. The minimum absolute atomic E-state index is 0.186. The Labute approximate surface area is 59.5 Å². The molecule has 1 saturated heterocycles. The number of nitrogens with two attached hydrogens (primary N) is 2. The standard InChI is InChI=1S/C6H12N2O2/c7-1-5(6(8)9)4-2-10-3-4/h4-5H,1-3,7H2,(H2,8,9). The van der Waals surface area contributed by atoms with Crippen LogP contribution in [0.2, 0.25) is 0 Å². The van der Waals surface area contributed by atoms with Gasteiger partial charge in [-0.2, -0.15) is 0 Å². The average molecular weight is 144 g/mol. The zero-order valence-electron chi connectivity index (χ0n) is 5.75. The minimum Gasteiger partial charge on any atom is -0.381 e. The van der Waals surface area contributed by atoms with Gasteiger partial charge in [0.2, 0.25) is 5.91 Å². The number of carbonyl (C=O) groups excluding carboxylic acids is 1. The first kappa shape index (κ1) is 7.50. The van der Waals surface area contributed by atoms with Crippen LogP contribution >= 0.6 is 0 Å². The molecule has 0 saturated carbocycles. The van der Waals surface area contributed by atoms with Crippen molar-refractivity contribution in [1.29, 1.82) is 0 Å². The molecule has 0 aliphatic carbocycles. The van der Waals surface area contributed by atoms with Crippen LogP contribution in [0, 0.1) is 11.8 Å². The Bertz CT molecular complexity index is 134. The van der Waals surface area contributed by atoms with E-state index in [1.54, 1.807) is 0 Å². The molecule has 1 heterocycles. The van der Waals surface area contributed by atoms with Crippen molar-refractivity contribution < 1.29 is 9.53 Å². The fourth-order valence-electron chi connectivity index (χ4n) is 1.03. The normalized spacial score (nSPS) is 21.7. The quantitative estimate of drug-likeness (QED) is 0.516. The van der Waals surface area contributed by atoms with Gasteiger partial charge in [0, 0.05) is 12.5 Å². The summed E-state index contributed by atoms with van der Waals surface area (Å²) in [6, 6.07) is 0. The summed E-state index contributed by atoms with van der Waals surface area (Å²) in [6.07, 6.45) is 0. The number of amides is 1. The molecule has 10 heavy (non-hydrogen) atoms. The van der Waals surface area contributed by atoms with Crippen LogP contribution in [0.4, 0.5) is 0 Å². The van der Waals surface area contributed by atoms with Crippen molar-refractivity contribution in [3.05, 3.63) is 0 Å². The molecule has 4 heteroatoms. The molecule has 0 bridgehead atoms.